The number of nitrogens with zero attached hydrogens (tertiary/aromatic N) is 3. The van der Waals surface area contributed by atoms with Crippen molar-refractivity contribution in [2.24, 2.45) is 7.05 Å². The molecule has 5 heteroatoms. The predicted octanol–water partition coefficient (Wildman–Crippen LogP) is 2.31. The van der Waals surface area contributed by atoms with Gasteiger partial charge in [-0.05, 0) is 19.8 Å². The third-order valence-corrected chi connectivity index (χ3v) is 4.13. The van der Waals surface area contributed by atoms with Crippen molar-refractivity contribution in [3.63, 3.8) is 0 Å². The smallest absolute Gasteiger partial charge is 0.114 e. The lowest BCUT2D eigenvalue weighted by Gasteiger charge is -1.97. The summed E-state index contributed by atoms with van der Waals surface area (Å²) >= 11 is 1.63. The van der Waals surface area contributed by atoms with Gasteiger partial charge in [-0.3, -0.25) is 4.68 Å². The van der Waals surface area contributed by atoms with Crippen LogP contribution >= 0.6 is 11.3 Å². The van der Waals surface area contributed by atoms with Crippen molar-refractivity contribution in [2.75, 3.05) is 5.73 Å². The van der Waals surface area contributed by atoms with E-state index in [0.717, 1.165) is 22.0 Å². The summed E-state index contributed by atoms with van der Waals surface area (Å²) in [6, 6.07) is 0. The van der Waals surface area contributed by atoms with Gasteiger partial charge in [-0.2, -0.15) is 5.10 Å². The first-order valence-electron chi connectivity index (χ1n) is 5.42. The molecule has 0 atom stereocenters. The fourth-order valence-electron chi connectivity index (χ4n) is 1.78. The molecule has 0 aromatic carbocycles. The molecule has 0 amide bonds. The molecule has 3 rings (SSSR count). The summed E-state index contributed by atoms with van der Waals surface area (Å²) < 4.78 is 1.85. The van der Waals surface area contributed by atoms with E-state index >= 15 is 0 Å². The van der Waals surface area contributed by atoms with Gasteiger partial charge < -0.3 is 5.73 Å². The molecule has 0 bridgehead atoms. The van der Waals surface area contributed by atoms with Crippen molar-refractivity contribution in [2.45, 2.75) is 25.7 Å². The highest BCUT2D eigenvalue weighted by Gasteiger charge is 2.28. The number of hydrogen-bond donors (Lipinski definition) is 1. The molecule has 4 nitrogen and oxygen atoms in total. The molecule has 84 valence electrons. The molecule has 0 radical (unpaired) electrons. The zero-order valence-electron chi connectivity index (χ0n) is 9.40. The van der Waals surface area contributed by atoms with E-state index in [1.807, 2.05) is 24.9 Å². The van der Waals surface area contributed by atoms with Gasteiger partial charge in [-0.1, -0.05) is 0 Å². The van der Waals surface area contributed by atoms with Gasteiger partial charge >= 0.3 is 0 Å². The van der Waals surface area contributed by atoms with Crippen LogP contribution in [-0.2, 0) is 7.05 Å². The lowest BCUT2D eigenvalue weighted by molar-refractivity contribution is 0.740. The molecule has 0 spiro atoms. The molecule has 0 aliphatic heterocycles. The Morgan fingerprint density at radius 1 is 1.50 bits per heavy atom. The van der Waals surface area contributed by atoms with Gasteiger partial charge in [-0.15, -0.1) is 11.3 Å². The molecule has 1 fully saturated rings. The van der Waals surface area contributed by atoms with Crippen LogP contribution in [0.3, 0.4) is 0 Å². The van der Waals surface area contributed by atoms with Crippen molar-refractivity contribution < 1.29 is 0 Å². The molecule has 0 saturated heterocycles. The maximum atomic E-state index is 6.04. The van der Waals surface area contributed by atoms with Crippen molar-refractivity contribution in [3.05, 3.63) is 16.9 Å². The number of nitrogen functional groups attached to an aromatic ring is 1. The lowest BCUT2D eigenvalue weighted by atomic mass is 10.2. The highest BCUT2D eigenvalue weighted by atomic mass is 32.1. The second-order valence-corrected chi connectivity index (χ2v) is 5.37. The Morgan fingerprint density at radius 2 is 2.25 bits per heavy atom. The Morgan fingerprint density at radius 3 is 2.81 bits per heavy atom. The quantitative estimate of drug-likeness (QED) is 0.867. The van der Waals surface area contributed by atoms with Gasteiger partial charge in [0.1, 0.15) is 10.7 Å². The zero-order valence-corrected chi connectivity index (χ0v) is 10.2. The third kappa shape index (κ3) is 1.43. The molecular formula is C11H14N4S. The van der Waals surface area contributed by atoms with Crippen LogP contribution in [-0.4, -0.2) is 14.8 Å². The van der Waals surface area contributed by atoms with Crippen LogP contribution in [0.25, 0.3) is 11.3 Å². The molecular weight excluding hydrogens is 220 g/mol. The molecule has 1 saturated carbocycles. The molecule has 2 N–H and O–H groups in total. The van der Waals surface area contributed by atoms with Crippen LogP contribution < -0.4 is 5.73 Å². The van der Waals surface area contributed by atoms with E-state index in [-0.39, 0.29) is 0 Å². The second kappa shape index (κ2) is 3.31. The number of anilines is 1. The molecule has 2 aromatic heterocycles. The summed E-state index contributed by atoms with van der Waals surface area (Å²) in [5, 5.41) is 6.24. The summed E-state index contributed by atoms with van der Waals surface area (Å²) in [4.78, 5) is 4.66. The topological polar surface area (TPSA) is 56.7 Å². The van der Waals surface area contributed by atoms with Crippen LogP contribution in [0.5, 0.6) is 0 Å². The van der Waals surface area contributed by atoms with Gasteiger partial charge in [0, 0.05) is 24.2 Å². The fraction of sp³-hybridized carbons (Fsp3) is 0.455. The summed E-state index contributed by atoms with van der Waals surface area (Å²) in [6.45, 7) is 2.04. The second-order valence-electron chi connectivity index (χ2n) is 4.31. The molecule has 2 heterocycles. The minimum atomic E-state index is 0.665. The van der Waals surface area contributed by atoms with Gasteiger partial charge in [0.25, 0.3) is 0 Å². The first-order chi connectivity index (χ1) is 7.66. The zero-order chi connectivity index (χ0) is 11.3. The van der Waals surface area contributed by atoms with Crippen molar-refractivity contribution in [3.8, 4) is 11.3 Å². The number of rotatable bonds is 2. The van der Waals surface area contributed by atoms with Gasteiger partial charge in [0.05, 0.1) is 11.2 Å². The highest BCUT2D eigenvalue weighted by Crippen LogP contribution is 2.45. The average molecular weight is 234 g/mol. The van der Waals surface area contributed by atoms with Crippen LogP contribution in [0, 0.1) is 6.92 Å². The number of aromatic nitrogens is 3. The highest BCUT2D eigenvalue weighted by molar-refractivity contribution is 7.16. The van der Waals surface area contributed by atoms with Crippen molar-refractivity contribution >= 4 is 16.3 Å². The third-order valence-electron chi connectivity index (χ3n) is 3.09. The Balaban J connectivity index is 2.08. The summed E-state index contributed by atoms with van der Waals surface area (Å²) in [5.41, 5.74) is 9.12. The van der Waals surface area contributed by atoms with Gasteiger partial charge in [0.15, 0.2) is 0 Å². The van der Waals surface area contributed by atoms with E-state index in [9.17, 15) is 0 Å². The normalized spacial score (nSPS) is 15.6. The minimum Gasteiger partial charge on any atom is -0.389 e. The monoisotopic (exact) mass is 234 g/mol. The van der Waals surface area contributed by atoms with E-state index in [1.165, 1.54) is 17.8 Å². The van der Waals surface area contributed by atoms with Crippen LogP contribution in [0.2, 0.25) is 0 Å². The molecule has 0 unspecified atom stereocenters. The average Bonchev–Trinajstić information content (AvgIpc) is 2.97. The van der Waals surface area contributed by atoms with Crippen molar-refractivity contribution in [1.29, 1.82) is 0 Å². The minimum absolute atomic E-state index is 0.665. The Kier molecular flexibility index (Phi) is 2.04. The van der Waals surface area contributed by atoms with E-state index in [4.69, 9.17) is 5.73 Å². The lowest BCUT2D eigenvalue weighted by Crippen LogP contribution is -1.93. The van der Waals surface area contributed by atoms with E-state index < -0.39 is 0 Å². The number of thiazole rings is 1. The maximum absolute atomic E-state index is 6.04. The Labute approximate surface area is 98.1 Å². The predicted molar refractivity (Wildman–Crippen MR) is 65.4 cm³/mol. The summed E-state index contributed by atoms with van der Waals surface area (Å²) in [6.07, 6.45) is 4.37. The standard InChI is InChI=1S/C11H14N4S/c1-6-8(5-13-15(6)2)9-10(12)16-11(14-9)7-3-4-7/h5,7H,3-4,12H2,1-2H3. The number of aryl methyl sites for hydroxylation is 1. The van der Waals surface area contributed by atoms with Crippen LogP contribution in [0.4, 0.5) is 5.00 Å². The number of nitrogens with two attached hydrogens (primary N) is 1. The van der Waals surface area contributed by atoms with E-state index in [2.05, 4.69) is 10.1 Å². The van der Waals surface area contributed by atoms with Crippen LogP contribution in [0.1, 0.15) is 29.5 Å². The Bertz CT molecular complexity index is 536. The summed E-state index contributed by atoms with van der Waals surface area (Å²) in [5.74, 6) is 0.665. The molecule has 16 heavy (non-hydrogen) atoms. The molecule has 2 aromatic rings. The van der Waals surface area contributed by atoms with Crippen molar-refractivity contribution in [1.82, 2.24) is 14.8 Å². The fourth-order valence-corrected chi connectivity index (χ4v) is 2.80. The first-order valence-corrected chi connectivity index (χ1v) is 6.23. The van der Waals surface area contributed by atoms with E-state index in [0.29, 0.717) is 5.92 Å². The van der Waals surface area contributed by atoms with Gasteiger partial charge in [-0.25, -0.2) is 4.98 Å². The van der Waals surface area contributed by atoms with Crippen LogP contribution in [0.15, 0.2) is 6.20 Å². The first kappa shape index (κ1) is 9.84. The van der Waals surface area contributed by atoms with E-state index in [1.54, 1.807) is 11.3 Å². The largest absolute Gasteiger partial charge is 0.389 e. The Hall–Kier alpha value is -1.36. The maximum Gasteiger partial charge on any atom is 0.114 e. The number of hydrogen-bond acceptors (Lipinski definition) is 4. The van der Waals surface area contributed by atoms with Gasteiger partial charge in [0.2, 0.25) is 0 Å². The summed E-state index contributed by atoms with van der Waals surface area (Å²) in [7, 11) is 1.93. The molecule has 1 aliphatic rings. The SMILES string of the molecule is Cc1c(-c2nc(C3CC3)sc2N)cnn1C. The molecule has 1 aliphatic carbocycles.